The minimum absolute atomic E-state index is 0.0785. The number of hydrogen-bond acceptors (Lipinski definition) is 3. The first-order chi connectivity index (χ1) is 11.7. The van der Waals surface area contributed by atoms with Crippen LogP contribution >= 0.6 is 0 Å². The molecule has 0 heterocycles. The van der Waals surface area contributed by atoms with Crippen LogP contribution in [0.25, 0.3) is 0 Å². The lowest BCUT2D eigenvalue weighted by molar-refractivity contribution is -0.384. The van der Waals surface area contributed by atoms with Crippen molar-refractivity contribution in [3.63, 3.8) is 0 Å². The Kier molecular flexibility index (Phi) is 4.77. The highest BCUT2D eigenvalue weighted by atomic mass is 16.6. The van der Waals surface area contributed by atoms with Crippen LogP contribution in [-0.4, -0.2) is 11.1 Å². The Labute approximate surface area is 140 Å². The molecular formula is C20H16N2O2. The van der Waals surface area contributed by atoms with E-state index in [1.54, 1.807) is 18.3 Å². The van der Waals surface area contributed by atoms with Gasteiger partial charge in [-0.2, -0.15) is 0 Å². The van der Waals surface area contributed by atoms with Gasteiger partial charge in [-0.25, -0.2) is 0 Å². The van der Waals surface area contributed by atoms with Gasteiger partial charge in [0.2, 0.25) is 0 Å². The number of hydrogen-bond donors (Lipinski definition) is 0. The highest BCUT2D eigenvalue weighted by Gasteiger charge is 2.11. The molecule has 3 rings (SSSR count). The van der Waals surface area contributed by atoms with E-state index < -0.39 is 4.92 Å². The average Bonchev–Trinajstić information content (AvgIpc) is 2.64. The number of nitrogens with zero attached hydrogens (tertiary/aromatic N) is 2. The monoisotopic (exact) mass is 316 g/mol. The van der Waals surface area contributed by atoms with Crippen molar-refractivity contribution in [3.05, 3.63) is 112 Å². The molecule has 4 heteroatoms. The minimum atomic E-state index is -0.405. The van der Waals surface area contributed by atoms with Crippen molar-refractivity contribution < 1.29 is 4.92 Å². The zero-order chi connectivity index (χ0) is 16.8. The van der Waals surface area contributed by atoms with Crippen LogP contribution in [0, 0.1) is 10.1 Å². The highest BCUT2D eigenvalue weighted by molar-refractivity contribution is 5.80. The SMILES string of the molecule is O=[N+]([O-])c1ccc(/C=N/C(c2ccccc2)c2ccccc2)cc1. The fourth-order valence-corrected chi connectivity index (χ4v) is 2.48. The summed E-state index contributed by atoms with van der Waals surface area (Å²) < 4.78 is 0. The van der Waals surface area contributed by atoms with E-state index in [4.69, 9.17) is 4.99 Å². The molecule has 4 nitrogen and oxygen atoms in total. The maximum atomic E-state index is 10.7. The van der Waals surface area contributed by atoms with E-state index in [1.165, 1.54) is 12.1 Å². The molecule has 0 unspecified atom stereocenters. The standard InChI is InChI=1S/C20H16N2O2/c23-22(24)19-13-11-16(12-14-19)15-21-20(17-7-3-1-4-8-17)18-9-5-2-6-10-18/h1-15,20H/b21-15+. The van der Waals surface area contributed by atoms with Gasteiger partial charge in [0.15, 0.2) is 0 Å². The van der Waals surface area contributed by atoms with Gasteiger partial charge in [0.1, 0.15) is 0 Å². The molecule has 0 aliphatic carbocycles. The van der Waals surface area contributed by atoms with Crippen LogP contribution in [0.4, 0.5) is 5.69 Å². The Hall–Kier alpha value is -3.27. The zero-order valence-corrected chi connectivity index (χ0v) is 12.9. The number of nitro groups is 1. The van der Waals surface area contributed by atoms with Crippen LogP contribution in [0.5, 0.6) is 0 Å². The first-order valence-corrected chi connectivity index (χ1v) is 7.61. The van der Waals surface area contributed by atoms with Gasteiger partial charge in [0.05, 0.1) is 11.0 Å². The van der Waals surface area contributed by atoms with E-state index in [9.17, 15) is 10.1 Å². The molecule has 0 N–H and O–H groups in total. The number of nitro benzene ring substituents is 1. The predicted molar refractivity (Wildman–Crippen MR) is 95.4 cm³/mol. The first kappa shape index (κ1) is 15.6. The van der Waals surface area contributed by atoms with Crippen molar-refractivity contribution in [2.75, 3.05) is 0 Å². The average molecular weight is 316 g/mol. The summed E-state index contributed by atoms with van der Waals surface area (Å²) in [6.45, 7) is 0. The summed E-state index contributed by atoms with van der Waals surface area (Å²) in [6.07, 6.45) is 1.76. The van der Waals surface area contributed by atoms with Crippen LogP contribution in [0.1, 0.15) is 22.7 Å². The molecule has 3 aromatic rings. The lowest BCUT2D eigenvalue weighted by atomic mass is 9.99. The van der Waals surface area contributed by atoms with Crippen LogP contribution in [0.3, 0.4) is 0 Å². The van der Waals surface area contributed by atoms with E-state index >= 15 is 0 Å². The maximum absolute atomic E-state index is 10.7. The third-order valence-electron chi connectivity index (χ3n) is 3.71. The normalized spacial score (nSPS) is 11.0. The molecule has 0 atom stereocenters. The summed E-state index contributed by atoms with van der Waals surface area (Å²) in [5.74, 6) is 0. The number of rotatable bonds is 5. The fourth-order valence-electron chi connectivity index (χ4n) is 2.48. The fraction of sp³-hybridized carbons (Fsp3) is 0.0500. The van der Waals surface area contributed by atoms with Crippen LogP contribution < -0.4 is 0 Å². The summed E-state index contributed by atoms with van der Waals surface area (Å²) >= 11 is 0. The van der Waals surface area contributed by atoms with Crippen molar-refractivity contribution in [2.45, 2.75) is 6.04 Å². The van der Waals surface area contributed by atoms with Crippen molar-refractivity contribution in [1.82, 2.24) is 0 Å². The Bertz CT molecular complexity index is 789. The van der Waals surface area contributed by atoms with E-state index in [0.29, 0.717) is 0 Å². The Morgan fingerprint density at radius 2 is 1.29 bits per heavy atom. The zero-order valence-electron chi connectivity index (χ0n) is 12.9. The minimum Gasteiger partial charge on any atom is -0.280 e. The number of aliphatic imine (C=N–C) groups is 1. The Morgan fingerprint density at radius 3 is 1.75 bits per heavy atom. The molecule has 0 saturated heterocycles. The van der Waals surface area contributed by atoms with Gasteiger partial charge < -0.3 is 0 Å². The smallest absolute Gasteiger partial charge is 0.269 e. The summed E-state index contributed by atoms with van der Waals surface area (Å²) in [5, 5.41) is 10.7. The van der Waals surface area contributed by atoms with Gasteiger partial charge in [0, 0.05) is 18.3 Å². The molecule has 0 fully saturated rings. The van der Waals surface area contributed by atoms with E-state index in [0.717, 1.165) is 16.7 Å². The number of non-ortho nitro benzene ring substituents is 1. The van der Waals surface area contributed by atoms with Crippen molar-refractivity contribution in [1.29, 1.82) is 0 Å². The molecule has 0 radical (unpaired) electrons. The molecule has 24 heavy (non-hydrogen) atoms. The first-order valence-electron chi connectivity index (χ1n) is 7.61. The second kappa shape index (κ2) is 7.33. The Morgan fingerprint density at radius 1 is 0.792 bits per heavy atom. The second-order valence-electron chi connectivity index (χ2n) is 5.35. The van der Waals surface area contributed by atoms with Gasteiger partial charge in [-0.1, -0.05) is 60.7 Å². The van der Waals surface area contributed by atoms with Crippen molar-refractivity contribution >= 4 is 11.9 Å². The van der Waals surface area contributed by atoms with Crippen LogP contribution in [-0.2, 0) is 0 Å². The second-order valence-corrected chi connectivity index (χ2v) is 5.35. The van der Waals surface area contributed by atoms with Crippen molar-refractivity contribution in [2.24, 2.45) is 4.99 Å². The quantitative estimate of drug-likeness (QED) is 0.385. The molecule has 0 aliphatic rings. The Balaban J connectivity index is 1.90. The van der Waals surface area contributed by atoms with Gasteiger partial charge in [0.25, 0.3) is 5.69 Å². The molecular weight excluding hydrogens is 300 g/mol. The highest BCUT2D eigenvalue weighted by Crippen LogP contribution is 2.25. The third-order valence-corrected chi connectivity index (χ3v) is 3.71. The molecule has 3 aromatic carbocycles. The largest absolute Gasteiger partial charge is 0.280 e. The molecule has 0 saturated carbocycles. The molecule has 0 bridgehead atoms. The van der Waals surface area contributed by atoms with Crippen molar-refractivity contribution in [3.8, 4) is 0 Å². The maximum Gasteiger partial charge on any atom is 0.269 e. The van der Waals surface area contributed by atoms with Gasteiger partial charge in [-0.3, -0.25) is 15.1 Å². The van der Waals surface area contributed by atoms with E-state index in [1.807, 2.05) is 60.7 Å². The molecule has 0 aliphatic heterocycles. The van der Waals surface area contributed by atoms with Crippen LogP contribution in [0.15, 0.2) is 89.9 Å². The molecule has 0 aromatic heterocycles. The summed E-state index contributed by atoms with van der Waals surface area (Å²) in [4.78, 5) is 15.0. The van der Waals surface area contributed by atoms with Gasteiger partial charge in [-0.15, -0.1) is 0 Å². The van der Waals surface area contributed by atoms with Gasteiger partial charge >= 0.3 is 0 Å². The third kappa shape index (κ3) is 3.73. The molecule has 0 spiro atoms. The summed E-state index contributed by atoms with van der Waals surface area (Å²) in [5.41, 5.74) is 3.11. The lowest BCUT2D eigenvalue weighted by Gasteiger charge is -2.13. The predicted octanol–water partition coefficient (Wildman–Crippen LogP) is 4.80. The van der Waals surface area contributed by atoms with E-state index in [-0.39, 0.29) is 11.7 Å². The lowest BCUT2D eigenvalue weighted by Crippen LogP contribution is -1.99. The van der Waals surface area contributed by atoms with Crippen LogP contribution in [0.2, 0.25) is 0 Å². The topological polar surface area (TPSA) is 55.5 Å². The summed E-state index contributed by atoms with van der Waals surface area (Å²) in [7, 11) is 0. The number of benzene rings is 3. The summed E-state index contributed by atoms with van der Waals surface area (Å²) in [6, 6.07) is 26.4. The van der Waals surface area contributed by atoms with E-state index in [2.05, 4.69) is 0 Å². The van der Waals surface area contributed by atoms with Gasteiger partial charge in [-0.05, 0) is 28.8 Å². The molecule has 0 amide bonds. The molecule has 118 valence electrons.